The molecule has 2 rings (SSSR count). The van der Waals surface area contributed by atoms with Gasteiger partial charge in [0.15, 0.2) is 5.69 Å². The number of carbonyl (C=O) groups excluding carboxylic acids is 1. The lowest BCUT2D eigenvalue weighted by atomic mass is 10.3. The second-order valence-electron chi connectivity index (χ2n) is 3.51. The van der Waals surface area contributed by atoms with E-state index in [0.29, 0.717) is 10.2 Å². The van der Waals surface area contributed by atoms with Gasteiger partial charge in [-0.2, -0.15) is 0 Å². The van der Waals surface area contributed by atoms with E-state index in [-0.39, 0.29) is 17.5 Å². The van der Waals surface area contributed by atoms with Crippen LogP contribution in [0.1, 0.15) is 10.5 Å². The maximum Gasteiger partial charge on any atom is 0.271 e. The number of aromatic nitrogens is 2. The maximum absolute atomic E-state index is 13.3. The van der Waals surface area contributed by atoms with Crippen molar-refractivity contribution in [3.63, 3.8) is 0 Å². The van der Waals surface area contributed by atoms with Crippen molar-refractivity contribution in [3.8, 4) is 11.6 Å². The van der Waals surface area contributed by atoms with Crippen LogP contribution in [0.25, 0.3) is 0 Å². The standard InChI is InChI=1S/C12H9BrFN3O2/c1-15-12(18)10-4-5-11(17-16-10)19-7-2-3-8(13)9(14)6-7/h2-6H,1H3,(H,15,18). The molecular weight excluding hydrogens is 317 g/mol. The summed E-state index contributed by atoms with van der Waals surface area (Å²) >= 11 is 3.05. The molecule has 1 aromatic carbocycles. The summed E-state index contributed by atoms with van der Waals surface area (Å²) in [6.45, 7) is 0. The first-order chi connectivity index (χ1) is 9.10. The molecule has 0 aliphatic carbocycles. The Kier molecular flexibility index (Phi) is 4.06. The van der Waals surface area contributed by atoms with Crippen LogP contribution in [0.2, 0.25) is 0 Å². The molecule has 0 saturated carbocycles. The second kappa shape index (κ2) is 5.75. The molecule has 0 spiro atoms. The van der Waals surface area contributed by atoms with E-state index < -0.39 is 5.82 Å². The largest absolute Gasteiger partial charge is 0.437 e. The summed E-state index contributed by atoms with van der Waals surface area (Å²) in [6, 6.07) is 7.28. The number of amides is 1. The van der Waals surface area contributed by atoms with E-state index in [1.165, 1.54) is 31.3 Å². The number of halogens is 2. The zero-order chi connectivity index (χ0) is 13.8. The number of carbonyl (C=O) groups is 1. The predicted molar refractivity (Wildman–Crippen MR) is 69.6 cm³/mol. The molecule has 1 N–H and O–H groups in total. The molecule has 0 radical (unpaired) electrons. The van der Waals surface area contributed by atoms with Gasteiger partial charge in [-0.1, -0.05) is 0 Å². The Morgan fingerprint density at radius 1 is 1.32 bits per heavy atom. The third-order valence-electron chi connectivity index (χ3n) is 2.21. The van der Waals surface area contributed by atoms with E-state index in [9.17, 15) is 9.18 Å². The van der Waals surface area contributed by atoms with Crippen LogP contribution in [-0.4, -0.2) is 23.2 Å². The lowest BCUT2D eigenvalue weighted by Crippen LogP contribution is -2.19. The molecule has 0 saturated heterocycles. The highest BCUT2D eigenvalue weighted by Crippen LogP contribution is 2.24. The fraction of sp³-hybridized carbons (Fsp3) is 0.0833. The monoisotopic (exact) mass is 325 g/mol. The molecule has 5 nitrogen and oxygen atoms in total. The lowest BCUT2D eigenvalue weighted by molar-refractivity contribution is 0.0957. The molecule has 1 amide bonds. The van der Waals surface area contributed by atoms with Crippen LogP contribution < -0.4 is 10.1 Å². The van der Waals surface area contributed by atoms with E-state index in [1.54, 1.807) is 6.07 Å². The summed E-state index contributed by atoms with van der Waals surface area (Å²) in [4.78, 5) is 11.3. The molecule has 0 atom stereocenters. The molecule has 0 aliphatic rings. The number of benzene rings is 1. The van der Waals surface area contributed by atoms with E-state index in [1.807, 2.05) is 0 Å². The van der Waals surface area contributed by atoms with Crippen LogP contribution in [0.3, 0.4) is 0 Å². The van der Waals surface area contributed by atoms with Gasteiger partial charge in [-0.15, -0.1) is 10.2 Å². The summed E-state index contributed by atoms with van der Waals surface area (Å²) in [5.41, 5.74) is 0.178. The number of ether oxygens (including phenoxy) is 1. The highest BCUT2D eigenvalue weighted by molar-refractivity contribution is 9.10. The van der Waals surface area contributed by atoms with Gasteiger partial charge in [0, 0.05) is 19.2 Å². The number of hydrogen-bond acceptors (Lipinski definition) is 4. The first-order valence-electron chi connectivity index (χ1n) is 5.29. The van der Waals surface area contributed by atoms with Gasteiger partial charge in [-0.25, -0.2) is 4.39 Å². The number of hydrogen-bond donors (Lipinski definition) is 1. The van der Waals surface area contributed by atoms with Gasteiger partial charge >= 0.3 is 0 Å². The molecule has 19 heavy (non-hydrogen) atoms. The van der Waals surface area contributed by atoms with Crippen molar-refractivity contribution in [2.24, 2.45) is 0 Å². The molecule has 1 aromatic heterocycles. The zero-order valence-electron chi connectivity index (χ0n) is 9.85. The lowest BCUT2D eigenvalue weighted by Gasteiger charge is -2.05. The highest BCUT2D eigenvalue weighted by atomic mass is 79.9. The quantitative estimate of drug-likeness (QED) is 0.941. The highest BCUT2D eigenvalue weighted by Gasteiger charge is 2.07. The Hall–Kier alpha value is -2.02. The SMILES string of the molecule is CNC(=O)c1ccc(Oc2ccc(Br)c(F)c2)nn1. The fourth-order valence-corrected chi connectivity index (χ4v) is 1.53. The molecule has 7 heteroatoms. The molecular formula is C12H9BrFN3O2. The van der Waals surface area contributed by atoms with E-state index in [0.717, 1.165) is 0 Å². The maximum atomic E-state index is 13.3. The van der Waals surface area contributed by atoms with Crippen molar-refractivity contribution in [3.05, 3.63) is 46.3 Å². The average Bonchev–Trinajstić information content (AvgIpc) is 2.43. The summed E-state index contributed by atoms with van der Waals surface area (Å²) in [7, 11) is 1.50. The van der Waals surface area contributed by atoms with E-state index in [2.05, 4.69) is 31.4 Å². The summed E-state index contributed by atoms with van der Waals surface area (Å²) in [5, 5.41) is 9.85. The van der Waals surface area contributed by atoms with Crippen molar-refractivity contribution < 1.29 is 13.9 Å². The van der Waals surface area contributed by atoms with Crippen molar-refractivity contribution in [1.82, 2.24) is 15.5 Å². The van der Waals surface area contributed by atoms with Gasteiger partial charge in [0.2, 0.25) is 5.88 Å². The van der Waals surface area contributed by atoms with Crippen LogP contribution in [0, 0.1) is 5.82 Å². The van der Waals surface area contributed by atoms with Crippen LogP contribution in [0.5, 0.6) is 11.6 Å². The first-order valence-corrected chi connectivity index (χ1v) is 6.08. The van der Waals surface area contributed by atoms with Gasteiger partial charge in [-0.05, 0) is 34.1 Å². The summed E-state index contributed by atoms with van der Waals surface area (Å²) < 4.78 is 18.9. The zero-order valence-corrected chi connectivity index (χ0v) is 11.4. The van der Waals surface area contributed by atoms with E-state index in [4.69, 9.17) is 4.74 Å². The van der Waals surface area contributed by atoms with Gasteiger partial charge in [0.25, 0.3) is 5.91 Å². The minimum atomic E-state index is -0.438. The molecule has 2 aromatic rings. The van der Waals surface area contributed by atoms with Crippen molar-refractivity contribution in [2.45, 2.75) is 0 Å². The summed E-state index contributed by atoms with van der Waals surface area (Å²) in [5.74, 6) is -0.307. The van der Waals surface area contributed by atoms with E-state index >= 15 is 0 Å². The molecule has 98 valence electrons. The van der Waals surface area contributed by atoms with Crippen LogP contribution >= 0.6 is 15.9 Å². The molecule has 0 unspecified atom stereocenters. The topological polar surface area (TPSA) is 64.1 Å². The molecule has 0 aliphatic heterocycles. The Morgan fingerprint density at radius 3 is 2.68 bits per heavy atom. The Morgan fingerprint density at radius 2 is 2.11 bits per heavy atom. The summed E-state index contributed by atoms with van der Waals surface area (Å²) in [6.07, 6.45) is 0. The van der Waals surface area contributed by atoms with Gasteiger partial charge < -0.3 is 10.1 Å². The molecule has 0 fully saturated rings. The van der Waals surface area contributed by atoms with Crippen LogP contribution in [-0.2, 0) is 0 Å². The van der Waals surface area contributed by atoms with Crippen LogP contribution in [0.4, 0.5) is 4.39 Å². The number of nitrogens with one attached hydrogen (secondary N) is 1. The van der Waals surface area contributed by atoms with Crippen molar-refractivity contribution in [1.29, 1.82) is 0 Å². The van der Waals surface area contributed by atoms with Crippen LogP contribution in [0.15, 0.2) is 34.8 Å². The average molecular weight is 326 g/mol. The Labute approximate surface area is 116 Å². The Balaban J connectivity index is 2.15. The second-order valence-corrected chi connectivity index (χ2v) is 4.37. The fourth-order valence-electron chi connectivity index (χ4n) is 1.28. The third kappa shape index (κ3) is 3.25. The minimum absolute atomic E-state index is 0.175. The predicted octanol–water partition coefficient (Wildman–Crippen LogP) is 2.53. The van der Waals surface area contributed by atoms with Gasteiger partial charge in [-0.3, -0.25) is 4.79 Å². The van der Waals surface area contributed by atoms with Gasteiger partial charge in [0.1, 0.15) is 11.6 Å². The number of nitrogens with zero attached hydrogens (tertiary/aromatic N) is 2. The normalized spacial score (nSPS) is 10.1. The first kappa shape index (κ1) is 13.4. The minimum Gasteiger partial charge on any atom is -0.437 e. The Bertz CT molecular complexity index is 604. The van der Waals surface area contributed by atoms with Crippen molar-refractivity contribution >= 4 is 21.8 Å². The number of rotatable bonds is 3. The third-order valence-corrected chi connectivity index (χ3v) is 2.86. The molecule has 0 bridgehead atoms. The van der Waals surface area contributed by atoms with Gasteiger partial charge in [0.05, 0.1) is 4.47 Å². The van der Waals surface area contributed by atoms with Crippen molar-refractivity contribution in [2.75, 3.05) is 7.05 Å². The smallest absolute Gasteiger partial charge is 0.271 e. The molecule has 1 heterocycles.